The number of thioether (sulfide) groups is 1. The summed E-state index contributed by atoms with van der Waals surface area (Å²) in [5.74, 6) is 1.05. The molecule has 1 aromatic heterocycles. The van der Waals surface area contributed by atoms with E-state index in [1.54, 1.807) is 11.8 Å². The highest BCUT2D eigenvalue weighted by Crippen LogP contribution is 2.12. The second-order valence-electron chi connectivity index (χ2n) is 2.71. The maximum atomic E-state index is 4.40. The number of hydrogen-bond donors (Lipinski definition) is 1. The molecule has 0 bridgehead atoms. The third-order valence-corrected chi connectivity index (χ3v) is 2.38. The summed E-state index contributed by atoms with van der Waals surface area (Å²) in [6.07, 6.45) is 2.03. The van der Waals surface area contributed by atoms with Gasteiger partial charge in [0.05, 0.1) is 0 Å². The number of anilines is 1. The van der Waals surface area contributed by atoms with Crippen molar-refractivity contribution in [1.29, 1.82) is 0 Å². The zero-order valence-corrected chi connectivity index (χ0v) is 7.93. The fraction of sp³-hybridized carbons (Fsp3) is 0.429. The Morgan fingerprint density at radius 3 is 3.25 bits per heavy atom. The molecule has 64 valence electrons. The van der Waals surface area contributed by atoms with Crippen molar-refractivity contribution >= 4 is 17.6 Å². The summed E-state index contributed by atoms with van der Waals surface area (Å²) in [6, 6.07) is 4.06. The van der Waals surface area contributed by atoms with Gasteiger partial charge in [0.2, 0.25) is 0 Å². The van der Waals surface area contributed by atoms with Crippen LogP contribution in [0, 0.1) is 0 Å². The van der Waals surface area contributed by atoms with Gasteiger partial charge in [0, 0.05) is 13.1 Å². The van der Waals surface area contributed by atoms with E-state index in [0.717, 1.165) is 17.5 Å². The van der Waals surface area contributed by atoms with Gasteiger partial charge in [0.15, 0.2) is 6.67 Å². The molecule has 0 saturated carbocycles. The lowest BCUT2D eigenvalue weighted by Gasteiger charge is -1.94. The fourth-order valence-corrected chi connectivity index (χ4v) is 1.57. The van der Waals surface area contributed by atoms with Gasteiger partial charge in [-0.1, -0.05) is 5.10 Å². The van der Waals surface area contributed by atoms with Crippen LogP contribution in [0.4, 0.5) is 5.82 Å². The van der Waals surface area contributed by atoms with E-state index >= 15 is 0 Å². The Hall–Kier alpha value is -0.810. The molecule has 1 N–H and O–H groups in total. The molecule has 0 radical (unpaired) electrons. The zero-order chi connectivity index (χ0) is 8.55. The first-order valence-electron chi connectivity index (χ1n) is 3.72. The van der Waals surface area contributed by atoms with Crippen LogP contribution in [0.1, 0.15) is 0 Å². The first-order chi connectivity index (χ1) is 5.79. The van der Waals surface area contributed by atoms with Gasteiger partial charge in [-0.05, 0) is 12.3 Å². The van der Waals surface area contributed by atoms with Crippen LogP contribution in [0.15, 0.2) is 17.2 Å². The molecule has 12 heavy (non-hydrogen) atoms. The van der Waals surface area contributed by atoms with E-state index in [1.165, 1.54) is 0 Å². The number of nitrogens with one attached hydrogen (secondary N) is 1. The summed E-state index contributed by atoms with van der Waals surface area (Å²) in [4.78, 5) is 0. The Balaban J connectivity index is 2.35. The number of fused-ring (bicyclic) bond motifs is 1. The molecule has 0 spiro atoms. The maximum Gasteiger partial charge on any atom is 0.315 e. The smallest absolute Gasteiger partial charge is 0.189 e. The van der Waals surface area contributed by atoms with Crippen LogP contribution >= 0.6 is 11.8 Å². The Kier molecular flexibility index (Phi) is 1.90. The van der Waals surface area contributed by atoms with Gasteiger partial charge in [-0.25, -0.2) is 0 Å². The average molecular weight is 183 g/mol. The monoisotopic (exact) mass is 183 g/mol. The van der Waals surface area contributed by atoms with Gasteiger partial charge >= 0.3 is 5.82 Å². The van der Waals surface area contributed by atoms with E-state index in [9.17, 15) is 0 Å². The second kappa shape index (κ2) is 2.91. The standard InChI is InChI=1S/C7H10N4S/c1-10-5-11-6(8-10)3-4-7(9-11)12-2/h3-4H,5H2,1-2H3/p+1. The van der Waals surface area contributed by atoms with Crippen molar-refractivity contribution < 1.29 is 4.68 Å². The fourth-order valence-electron chi connectivity index (χ4n) is 1.19. The number of rotatable bonds is 1. The highest BCUT2D eigenvalue weighted by molar-refractivity contribution is 7.98. The maximum absolute atomic E-state index is 4.40. The van der Waals surface area contributed by atoms with E-state index < -0.39 is 0 Å². The number of hydrazine groups is 1. The van der Waals surface area contributed by atoms with Crippen molar-refractivity contribution in [3.63, 3.8) is 0 Å². The minimum atomic E-state index is 0.809. The SMILES string of the molecule is CSc1ccc2[n+](n1)CN(C)N2. The molecule has 0 fully saturated rings. The van der Waals surface area contributed by atoms with Gasteiger partial charge in [-0.2, -0.15) is 5.43 Å². The van der Waals surface area contributed by atoms with Gasteiger partial charge in [0.25, 0.3) is 0 Å². The van der Waals surface area contributed by atoms with Crippen LogP contribution in [-0.2, 0) is 6.67 Å². The van der Waals surface area contributed by atoms with Crippen molar-refractivity contribution in [1.82, 2.24) is 10.1 Å². The van der Waals surface area contributed by atoms with Crippen LogP contribution in [0.5, 0.6) is 0 Å². The normalized spacial score (nSPS) is 15.8. The van der Waals surface area contributed by atoms with Crippen LogP contribution in [0.2, 0.25) is 0 Å². The summed E-state index contributed by atoms with van der Waals surface area (Å²) >= 11 is 1.66. The molecule has 0 amide bonds. The highest BCUT2D eigenvalue weighted by Gasteiger charge is 2.23. The lowest BCUT2D eigenvalue weighted by Crippen LogP contribution is -2.38. The molecular weight excluding hydrogens is 172 g/mol. The van der Waals surface area contributed by atoms with Gasteiger partial charge < -0.3 is 0 Å². The van der Waals surface area contributed by atoms with E-state index in [1.807, 2.05) is 35.1 Å². The second-order valence-corrected chi connectivity index (χ2v) is 3.54. The molecule has 4 nitrogen and oxygen atoms in total. The van der Waals surface area contributed by atoms with Crippen LogP contribution in [0.25, 0.3) is 0 Å². The van der Waals surface area contributed by atoms with E-state index in [4.69, 9.17) is 0 Å². The predicted octanol–water partition coefficient (Wildman–Crippen LogP) is 0.321. The molecule has 1 aliphatic rings. The third-order valence-electron chi connectivity index (χ3n) is 1.74. The van der Waals surface area contributed by atoms with Crippen LogP contribution < -0.4 is 10.1 Å². The first kappa shape index (κ1) is 7.82. The van der Waals surface area contributed by atoms with Crippen molar-refractivity contribution in [3.8, 4) is 0 Å². The van der Waals surface area contributed by atoms with Crippen molar-refractivity contribution in [3.05, 3.63) is 12.1 Å². The van der Waals surface area contributed by atoms with Crippen molar-refractivity contribution in [2.45, 2.75) is 11.7 Å². The Bertz CT molecular complexity index is 301. The summed E-state index contributed by atoms with van der Waals surface area (Å²) < 4.78 is 1.95. The molecule has 2 rings (SSSR count). The van der Waals surface area contributed by atoms with Crippen molar-refractivity contribution in [2.24, 2.45) is 0 Å². The van der Waals surface area contributed by atoms with Crippen LogP contribution in [-0.4, -0.2) is 23.4 Å². The third kappa shape index (κ3) is 1.25. The van der Waals surface area contributed by atoms with Gasteiger partial charge in [0.1, 0.15) is 5.03 Å². The molecule has 0 unspecified atom stereocenters. The van der Waals surface area contributed by atoms with Crippen LogP contribution in [0.3, 0.4) is 0 Å². The van der Waals surface area contributed by atoms with Crippen molar-refractivity contribution in [2.75, 3.05) is 18.7 Å². The largest absolute Gasteiger partial charge is 0.315 e. The summed E-state index contributed by atoms with van der Waals surface area (Å²) in [6.45, 7) is 0.809. The minimum absolute atomic E-state index is 0.809. The molecule has 5 heteroatoms. The first-order valence-corrected chi connectivity index (χ1v) is 4.95. The molecule has 0 aromatic carbocycles. The number of hydrogen-bond acceptors (Lipinski definition) is 4. The van der Waals surface area contributed by atoms with E-state index in [-0.39, 0.29) is 0 Å². The topological polar surface area (TPSA) is 32.0 Å². The molecule has 0 atom stereocenters. The van der Waals surface area contributed by atoms with Gasteiger partial charge in [-0.3, -0.25) is 0 Å². The predicted molar refractivity (Wildman–Crippen MR) is 47.6 cm³/mol. The van der Waals surface area contributed by atoms with E-state index in [2.05, 4.69) is 10.5 Å². The molecule has 0 saturated heterocycles. The van der Waals surface area contributed by atoms with Gasteiger partial charge in [-0.15, -0.1) is 21.5 Å². The Labute approximate surface area is 75.5 Å². The molecule has 0 aliphatic carbocycles. The average Bonchev–Trinajstić information content (AvgIpc) is 2.43. The molecule has 1 aromatic rings. The lowest BCUT2D eigenvalue weighted by molar-refractivity contribution is -0.745. The highest BCUT2D eigenvalue weighted by atomic mass is 32.2. The molecule has 1 aliphatic heterocycles. The minimum Gasteiger partial charge on any atom is -0.189 e. The number of nitrogens with zero attached hydrogens (tertiary/aromatic N) is 3. The quantitative estimate of drug-likeness (QED) is 0.502. The number of aromatic nitrogens is 2. The summed E-state index contributed by atoms with van der Waals surface area (Å²) in [5, 5.41) is 7.44. The Morgan fingerprint density at radius 1 is 1.67 bits per heavy atom. The van der Waals surface area contributed by atoms with E-state index in [0.29, 0.717) is 0 Å². The molecule has 2 heterocycles. The zero-order valence-electron chi connectivity index (χ0n) is 7.11. The molecular formula is C7H11N4S+. The lowest BCUT2D eigenvalue weighted by atomic mass is 10.5. The summed E-state index contributed by atoms with van der Waals surface area (Å²) in [7, 11) is 1.99. The Morgan fingerprint density at radius 2 is 2.50 bits per heavy atom. The summed E-state index contributed by atoms with van der Waals surface area (Å²) in [5.41, 5.74) is 3.17.